The molecular formula is C25H31. The Hall–Kier alpha value is -2.34. The first-order chi connectivity index (χ1) is 12.5. The maximum Gasteiger partial charge on any atom is -0.0276 e. The molecule has 1 radical (unpaired) electrons. The molecule has 0 amide bonds. The van der Waals surface area contributed by atoms with Gasteiger partial charge >= 0.3 is 0 Å². The minimum absolute atomic E-state index is 1.06. The Labute approximate surface area is 154 Å². The first-order valence-corrected chi connectivity index (χ1v) is 9.38. The van der Waals surface area contributed by atoms with Gasteiger partial charge in [0, 0.05) is 0 Å². The first kappa shape index (κ1) is 20.7. The highest BCUT2D eigenvalue weighted by Gasteiger charge is 1.88. The van der Waals surface area contributed by atoms with Crippen molar-refractivity contribution in [1.29, 1.82) is 0 Å². The fraction of sp³-hybridized carbons (Fsp3) is 0.280. The highest BCUT2D eigenvalue weighted by Crippen LogP contribution is 2.07. The molecule has 1 rings (SSSR count). The van der Waals surface area contributed by atoms with Crippen molar-refractivity contribution in [2.24, 2.45) is 0 Å². The van der Waals surface area contributed by atoms with Crippen molar-refractivity contribution in [3.63, 3.8) is 0 Å². The van der Waals surface area contributed by atoms with Crippen molar-refractivity contribution < 1.29 is 0 Å². The third-order valence-corrected chi connectivity index (χ3v) is 3.60. The topological polar surface area (TPSA) is 0 Å². The Morgan fingerprint density at radius 3 is 1.44 bits per heavy atom. The Morgan fingerprint density at radius 2 is 0.840 bits per heavy atom. The Balaban J connectivity index is 2.46. The van der Waals surface area contributed by atoms with Crippen molar-refractivity contribution in [3.8, 4) is 0 Å². The molecule has 131 valence electrons. The zero-order valence-electron chi connectivity index (χ0n) is 15.3. The van der Waals surface area contributed by atoms with Gasteiger partial charge in [0.2, 0.25) is 0 Å². The highest BCUT2D eigenvalue weighted by molar-refractivity contribution is 5.21. The van der Waals surface area contributed by atoms with Gasteiger partial charge in [0.15, 0.2) is 0 Å². The molecule has 0 aliphatic heterocycles. The average Bonchev–Trinajstić information content (AvgIpc) is 2.62. The maximum absolute atomic E-state index is 3.33. The van der Waals surface area contributed by atoms with Gasteiger partial charge < -0.3 is 0 Å². The predicted molar refractivity (Wildman–Crippen MR) is 113 cm³/mol. The van der Waals surface area contributed by atoms with Crippen molar-refractivity contribution in [1.82, 2.24) is 0 Å². The summed E-state index contributed by atoms with van der Waals surface area (Å²) < 4.78 is 0. The van der Waals surface area contributed by atoms with E-state index in [9.17, 15) is 0 Å². The van der Waals surface area contributed by atoms with Gasteiger partial charge in [-0.1, -0.05) is 123 Å². The van der Waals surface area contributed by atoms with Crippen LogP contribution in [0.4, 0.5) is 0 Å². The van der Waals surface area contributed by atoms with Crippen molar-refractivity contribution in [3.05, 3.63) is 109 Å². The van der Waals surface area contributed by atoms with Crippen LogP contribution in [0.3, 0.4) is 0 Å². The van der Waals surface area contributed by atoms with Crippen LogP contribution in [0, 0.1) is 6.08 Å². The lowest BCUT2D eigenvalue weighted by Crippen LogP contribution is -1.78. The van der Waals surface area contributed by atoms with Crippen LogP contribution in [-0.4, -0.2) is 0 Å². The second-order valence-corrected chi connectivity index (χ2v) is 5.80. The largest absolute Gasteiger partial charge is 0.0845 e. The predicted octanol–water partition coefficient (Wildman–Crippen LogP) is 7.54. The summed E-state index contributed by atoms with van der Waals surface area (Å²) in [5, 5.41) is 0. The summed E-state index contributed by atoms with van der Waals surface area (Å²) in [6, 6.07) is 0. The van der Waals surface area contributed by atoms with Gasteiger partial charge in [0.05, 0.1) is 0 Å². The van der Waals surface area contributed by atoms with E-state index in [1.54, 1.807) is 0 Å². The third-order valence-electron chi connectivity index (χ3n) is 3.60. The lowest BCUT2D eigenvalue weighted by atomic mass is 10.1. The van der Waals surface area contributed by atoms with Crippen molar-refractivity contribution in [2.75, 3.05) is 0 Å². The quantitative estimate of drug-likeness (QED) is 0.430. The smallest absolute Gasteiger partial charge is 0.0276 e. The molecule has 0 N–H and O–H groups in total. The Morgan fingerprint density at radius 1 is 0.400 bits per heavy atom. The van der Waals surface area contributed by atoms with E-state index in [0.717, 1.165) is 6.42 Å². The fourth-order valence-corrected chi connectivity index (χ4v) is 2.24. The van der Waals surface area contributed by atoms with Gasteiger partial charge in [-0.25, -0.2) is 0 Å². The highest BCUT2D eigenvalue weighted by atomic mass is 13.9. The van der Waals surface area contributed by atoms with Gasteiger partial charge in [-0.3, -0.25) is 0 Å². The molecule has 0 spiro atoms. The molecular weight excluding hydrogens is 300 g/mol. The van der Waals surface area contributed by atoms with E-state index in [-0.39, 0.29) is 0 Å². The summed E-state index contributed by atoms with van der Waals surface area (Å²) >= 11 is 0. The van der Waals surface area contributed by atoms with Crippen molar-refractivity contribution >= 4 is 0 Å². The second-order valence-electron chi connectivity index (χ2n) is 5.80. The minimum atomic E-state index is 1.06. The molecule has 0 nitrogen and oxygen atoms in total. The molecule has 0 heteroatoms. The summed E-state index contributed by atoms with van der Waals surface area (Å²) in [4.78, 5) is 0. The lowest BCUT2D eigenvalue weighted by Gasteiger charge is -1.97. The standard InChI is InChI=1S/C25H31/c1-2-4-6-8-10-12-14-16-18-20-22-24-25-23-21-19-17-15-13-11-9-7-5-3-1/h1-17H,18,20-25H2/b3-1-,4-2-,7-5-,8-6-,11-9-,12-10-,15-13-,16-14-,19-17?. The molecule has 25 heavy (non-hydrogen) atoms. The zero-order chi connectivity index (χ0) is 17.7. The molecule has 1 aliphatic carbocycles. The summed E-state index contributed by atoms with van der Waals surface area (Å²) in [5.41, 5.74) is 0. The van der Waals surface area contributed by atoms with Gasteiger partial charge in [-0.05, 0) is 31.8 Å². The molecule has 0 atom stereocenters. The summed E-state index contributed by atoms with van der Waals surface area (Å²) in [6.45, 7) is 0. The Kier molecular flexibility index (Phi) is 14.9. The van der Waals surface area contributed by atoms with E-state index in [1.807, 2.05) is 79.0 Å². The molecule has 0 saturated heterocycles. The third kappa shape index (κ3) is 16.3. The number of allylic oxidation sites excluding steroid dienone is 18. The van der Waals surface area contributed by atoms with Crippen LogP contribution < -0.4 is 0 Å². The molecule has 0 heterocycles. The maximum atomic E-state index is 3.33. The molecule has 0 fully saturated rings. The normalized spacial score (nSPS) is 29.8. The van der Waals surface area contributed by atoms with Crippen LogP contribution in [0.2, 0.25) is 0 Å². The van der Waals surface area contributed by atoms with Crippen LogP contribution >= 0.6 is 0 Å². The summed E-state index contributed by atoms with van der Waals surface area (Å²) in [6.07, 6.45) is 47.0. The van der Waals surface area contributed by atoms with E-state index in [4.69, 9.17) is 0 Å². The molecule has 0 aromatic heterocycles. The zero-order valence-corrected chi connectivity index (χ0v) is 15.3. The number of hydrogen-bond donors (Lipinski definition) is 0. The van der Waals surface area contributed by atoms with E-state index >= 15 is 0 Å². The molecule has 0 aromatic carbocycles. The molecule has 0 saturated carbocycles. The summed E-state index contributed by atoms with van der Waals surface area (Å²) in [7, 11) is 0. The van der Waals surface area contributed by atoms with Gasteiger partial charge in [0.25, 0.3) is 0 Å². The van der Waals surface area contributed by atoms with Crippen LogP contribution in [0.15, 0.2) is 103 Å². The molecule has 0 unspecified atom stereocenters. The molecule has 1 aliphatic rings. The van der Waals surface area contributed by atoms with Crippen LogP contribution in [0.1, 0.15) is 44.9 Å². The fourth-order valence-electron chi connectivity index (χ4n) is 2.24. The van der Waals surface area contributed by atoms with Gasteiger partial charge in [0.1, 0.15) is 0 Å². The average molecular weight is 332 g/mol. The van der Waals surface area contributed by atoms with Crippen LogP contribution in [-0.2, 0) is 0 Å². The first-order valence-electron chi connectivity index (χ1n) is 9.38. The van der Waals surface area contributed by atoms with Crippen LogP contribution in [0.25, 0.3) is 0 Å². The van der Waals surface area contributed by atoms with E-state index < -0.39 is 0 Å². The molecule has 0 aromatic rings. The Bertz CT molecular complexity index is 507. The number of hydrogen-bond acceptors (Lipinski definition) is 0. The SMILES string of the molecule is [C]1=C/C=C\C=C/C=C\C=C/C=C\C=C/C=C\C=C/CCCCCCC\1. The van der Waals surface area contributed by atoms with Gasteiger partial charge in [-0.2, -0.15) is 0 Å². The minimum Gasteiger partial charge on any atom is -0.0845 e. The molecule has 0 bridgehead atoms. The van der Waals surface area contributed by atoms with E-state index in [0.29, 0.717) is 0 Å². The van der Waals surface area contributed by atoms with E-state index in [2.05, 4.69) is 30.4 Å². The second kappa shape index (κ2) is 18.0. The monoisotopic (exact) mass is 331 g/mol. The number of rotatable bonds is 0. The van der Waals surface area contributed by atoms with Crippen molar-refractivity contribution in [2.45, 2.75) is 44.9 Å². The van der Waals surface area contributed by atoms with E-state index in [1.165, 1.54) is 38.5 Å². The lowest BCUT2D eigenvalue weighted by molar-refractivity contribution is 0.619. The van der Waals surface area contributed by atoms with Crippen LogP contribution in [0.5, 0.6) is 0 Å². The van der Waals surface area contributed by atoms with Gasteiger partial charge in [-0.15, -0.1) is 0 Å². The summed E-state index contributed by atoms with van der Waals surface area (Å²) in [5.74, 6) is 0.